The van der Waals surface area contributed by atoms with Crippen molar-refractivity contribution >= 4 is 40.5 Å². The van der Waals surface area contributed by atoms with E-state index in [0.717, 1.165) is 38.4 Å². The Morgan fingerprint density at radius 3 is 2.95 bits per heavy atom. The molecule has 2 aromatic rings. The highest BCUT2D eigenvalue weighted by atomic mass is 35.5. The number of carbonyl (C=O) groups is 1. The molecule has 1 aliphatic rings. The quantitative estimate of drug-likeness (QED) is 0.776. The predicted molar refractivity (Wildman–Crippen MR) is 80.4 cm³/mol. The Labute approximate surface area is 125 Å². The van der Waals surface area contributed by atoms with Gasteiger partial charge in [-0.2, -0.15) is 0 Å². The van der Waals surface area contributed by atoms with Gasteiger partial charge in [-0.15, -0.1) is 23.1 Å². The molecule has 0 atom stereocenters. The first-order valence-corrected chi connectivity index (χ1v) is 8.31. The lowest BCUT2D eigenvalue weighted by atomic mass is 10.0. The van der Waals surface area contributed by atoms with E-state index < -0.39 is 0 Å². The Balaban J connectivity index is 1.74. The molecule has 0 spiro atoms. The van der Waals surface area contributed by atoms with E-state index in [1.807, 2.05) is 24.3 Å². The molecular formula is C14H12ClNOS2. The van der Waals surface area contributed by atoms with Crippen molar-refractivity contribution in [3.8, 4) is 0 Å². The van der Waals surface area contributed by atoms with Gasteiger partial charge in [-0.1, -0.05) is 23.7 Å². The number of thiazole rings is 1. The number of benzene rings is 1. The molecule has 1 heterocycles. The largest absolute Gasteiger partial charge is 0.292 e. The molecule has 0 fully saturated rings. The fourth-order valence-electron chi connectivity index (χ4n) is 2.08. The summed E-state index contributed by atoms with van der Waals surface area (Å²) in [7, 11) is 0. The molecular weight excluding hydrogens is 298 g/mol. The van der Waals surface area contributed by atoms with Gasteiger partial charge in [-0.05, 0) is 25.0 Å². The van der Waals surface area contributed by atoms with Crippen LogP contribution in [0.2, 0.25) is 5.02 Å². The summed E-state index contributed by atoms with van der Waals surface area (Å²) in [6.45, 7) is 0. The second-order valence-electron chi connectivity index (χ2n) is 4.38. The molecule has 98 valence electrons. The number of Topliss-reactive ketones (excluding diaryl/α,β-unsaturated/α-hetero) is 1. The second kappa shape index (κ2) is 5.65. The number of aryl methyl sites for hydroxylation is 1. The number of ketones is 1. The molecule has 0 bridgehead atoms. The lowest BCUT2D eigenvalue weighted by Gasteiger charge is -2.06. The lowest BCUT2D eigenvalue weighted by molar-refractivity contribution is 0.0968. The highest BCUT2D eigenvalue weighted by molar-refractivity contribution is 7.98. The Hall–Kier alpha value is -0.840. The van der Waals surface area contributed by atoms with Crippen molar-refractivity contribution in [2.75, 3.05) is 0 Å². The van der Waals surface area contributed by atoms with Crippen LogP contribution in [0, 0.1) is 0 Å². The van der Waals surface area contributed by atoms with E-state index in [1.54, 1.807) is 23.1 Å². The third-order valence-corrected chi connectivity index (χ3v) is 5.83. The van der Waals surface area contributed by atoms with Crippen LogP contribution in [0.5, 0.6) is 0 Å². The zero-order chi connectivity index (χ0) is 13.2. The number of aromatic nitrogens is 1. The molecule has 0 unspecified atom stereocenters. The normalized spacial score (nSPS) is 14.5. The van der Waals surface area contributed by atoms with E-state index in [4.69, 9.17) is 11.6 Å². The number of rotatable bonds is 3. The average molecular weight is 310 g/mol. The maximum absolute atomic E-state index is 11.7. The van der Waals surface area contributed by atoms with E-state index in [-0.39, 0.29) is 5.78 Å². The molecule has 0 saturated heterocycles. The van der Waals surface area contributed by atoms with Crippen LogP contribution in [0.1, 0.15) is 33.2 Å². The Morgan fingerprint density at radius 2 is 2.16 bits per heavy atom. The number of nitrogens with zero attached hydrogens (tertiary/aromatic N) is 1. The first kappa shape index (κ1) is 13.2. The Morgan fingerprint density at radius 1 is 1.32 bits per heavy atom. The number of fused-ring (bicyclic) bond motifs is 1. The van der Waals surface area contributed by atoms with Crippen LogP contribution in [0.3, 0.4) is 0 Å². The van der Waals surface area contributed by atoms with Crippen LogP contribution in [-0.4, -0.2) is 10.8 Å². The number of hydrogen-bond acceptors (Lipinski definition) is 4. The third kappa shape index (κ3) is 2.86. The molecule has 1 aromatic heterocycles. The minimum atomic E-state index is 0.200. The first-order valence-electron chi connectivity index (χ1n) is 6.13. The summed E-state index contributed by atoms with van der Waals surface area (Å²) in [4.78, 5) is 18.4. The van der Waals surface area contributed by atoms with Gasteiger partial charge in [-0.25, -0.2) is 4.98 Å². The average Bonchev–Trinajstić information content (AvgIpc) is 2.82. The van der Waals surface area contributed by atoms with E-state index in [9.17, 15) is 4.79 Å². The van der Waals surface area contributed by atoms with Crippen LogP contribution in [-0.2, 0) is 12.2 Å². The molecule has 0 amide bonds. The van der Waals surface area contributed by atoms with Crippen molar-refractivity contribution in [2.45, 2.75) is 29.9 Å². The summed E-state index contributed by atoms with van der Waals surface area (Å²) in [6.07, 6.45) is 2.61. The molecule has 0 aliphatic heterocycles. The minimum Gasteiger partial charge on any atom is -0.292 e. The summed E-state index contributed by atoms with van der Waals surface area (Å²) in [6, 6.07) is 7.80. The number of carbonyl (C=O) groups excluding carboxylic acids is 1. The fourth-order valence-corrected chi connectivity index (χ4v) is 4.44. The van der Waals surface area contributed by atoms with Crippen molar-refractivity contribution in [3.63, 3.8) is 0 Å². The summed E-state index contributed by atoms with van der Waals surface area (Å²) in [5.74, 6) is 0.973. The fraction of sp³-hybridized carbons (Fsp3) is 0.286. The number of hydrogen-bond donors (Lipinski definition) is 0. The summed E-state index contributed by atoms with van der Waals surface area (Å²) < 4.78 is 0. The number of halogens is 1. The lowest BCUT2D eigenvalue weighted by Crippen LogP contribution is -2.08. The van der Waals surface area contributed by atoms with E-state index in [1.165, 1.54) is 0 Å². The van der Waals surface area contributed by atoms with Crippen LogP contribution < -0.4 is 0 Å². The van der Waals surface area contributed by atoms with Crippen molar-refractivity contribution in [2.24, 2.45) is 0 Å². The van der Waals surface area contributed by atoms with Gasteiger partial charge in [0.2, 0.25) is 0 Å². The molecule has 2 nitrogen and oxygen atoms in total. The van der Waals surface area contributed by atoms with Gasteiger partial charge in [0.05, 0.1) is 10.8 Å². The summed E-state index contributed by atoms with van der Waals surface area (Å²) in [5, 5.41) is 1.79. The Bertz CT molecular complexity index is 624. The van der Waals surface area contributed by atoms with E-state index >= 15 is 0 Å². The molecule has 1 aromatic carbocycles. The minimum absolute atomic E-state index is 0.200. The second-order valence-corrected chi connectivity index (χ2v) is 6.97. The van der Waals surface area contributed by atoms with Crippen molar-refractivity contribution in [1.29, 1.82) is 0 Å². The van der Waals surface area contributed by atoms with Crippen LogP contribution in [0.25, 0.3) is 0 Å². The van der Waals surface area contributed by atoms with Crippen LogP contribution in [0.4, 0.5) is 0 Å². The van der Waals surface area contributed by atoms with Crippen molar-refractivity contribution < 1.29 is 4.79 Å². The van der Waals surface area contributed by atoms with Gasteiger partial charge in [-0.3, -0.25) is 4.79 Å². The zero-order valence-electron chi connectivity index (χ0n) is 10.2. The molecule has 1 aliphatic carbocycles. The van der Waals surface area contributed by atoms with Gasteiger partial charge < -0.3 is 0 Å². The summed E-state index contributed by atoms with van der Waals surface area (Å²) in [5.41, 5.74) is 0.714. The maximum Gasteiger partial charge on any atom is 0.182 e. The monoisotopic (exact) mass is 309 g/mol. The third-order valence-electron chi connectivity index (χ3n) is 3.00. The molecule has 5 heteroatoms. The van der Waals surface area contributed by atoms with Gasteiger partial charge >= 0.3 is 0 Å². The van der Waals surface area contributed by atoms with Crippen LogP contribution >= 0.6 is 34.7 Å². The highest BCUT2D eigenvalue weighted by Gasteiger charge is 2.22. The van der Waals surface area contributed by atoms with Gasteiger partial charge in [0.15, 0.2) is 5.78 Å². The highest BCUT2D eigenvalue weighted by Crippen LogP contribution is 2.33. The maximum atomic E-state index is 11.7. The van der Waals surface area contributed by atoms with Crippen molar-refractivity contribution in [1.82, 2.24) is 4.98 Å². The van der Waals surface area contributed by atoms with E-state index in [0.29, 0.717) is 12.1 Å². The molecule has 0 saturated carbocycles. The predicted octanol–water partition coefficient (Wildman–Crippen LogP) is 4.61. The van der Waals surface area contributed by atoms with Gasteiger partial charge in [0, 0.05) is 16.2 Å². The van der Waals surface area contributed by atoms with Crippen molar-refractivity contribution in [3.05, 3.63) is 44.9 Å². The molecule has 3 rings (SSSR count). The topological polar surface area (TPSA) is 30.0 Å². The molecule has 19 heavy (non-hydrogen) atoms. The van der Waals surface area contributed by atoms with E-state index in [2.05, 4.69) is 4.98 Å². The summed E-state index contributed by atoms with van der Waals surface area (Å²) >= 11 is 9.46. The smallest absolute Gasteiger partial charge is 0.182 e. The SMILES string of the molecule is O=C1CCCc2sc(CSc3ccccc3Cl)nc21. The molecule has 0 radical (unpaired) electrons. The molecule has 0 N–H and O–H groups in total. The van der Waals surface area contributed by atoms with Gasteiger partial charge in [0.25, 0.3) is 0 Å². The standard InChI is InChI=1S/C14H12ClNOS2/c15-9-4-1-2-6-11(9)18-8-13-16-14-10(17)5-3-7-12(14)19-13/h1-2,4,6H,3,5,7-8H2. The van der Waals surface area contributed by atoms with Crippen LogP contribution in [0.15, 0.2) is 29.2 Å². The van der Waals surface area contributed by atoms with Gasteiger partial charge in [0.1, 0.15) is 10.7 Å². The zero-order valence-corrected chi connectivity index (χ0v) is 12.6. The Kier molecular flexibility index (Phi) is 3.91. The first-order chi connectivity index (χ1) is 9.24. The number of thioether (sulfide) groups is 1.